The van der Waals surface area contributed by atoms with E-state index in [4.69, 9.17) is 4.74 Å². The third-order valence-corrected chi connectivity index (χ3v) is 5.82. The minimum Gasteiger partial charge on any atom is -0.464 e. The van der Waals surface area contributed by atoms with E-state index in [0.29, 0.717) is 6.42 Å². The highest BCUT2D eigenvalue weighted by Crippen LogP contribution is 2.50. The van der Waals surface area contributed by atoms with Crippen LogP contribution in [0.25, 0.3) is 0 Å². The fraction of sp³-hybridized carbons (Fsp3) is 0.316. The van der Waals surface area contributed by atoms with Gasteiger partial charge in [0.05, 0.1) is 12.5 Å². The number of halogens is 1. The number of nitro groups is 1. The number of nitrogens with zero attached hydrogens (tertiary/aromatic N) is 1. The van der Waals surface area contributed by atoms with E-state index >= 15 is 0 Å². The second kappa shape index (κ2) is 6.48. The lowest BCUT2D eigenvalue weighted by Gasteiger charge is -2.27. The third-order valence-electron chi connectivity index (χ3n) is 5.33. The summed E-state index contributed by atoms with van der Waals surface area (Å²) in [4.78, 5) is 24.5. The summed E-state index contributed by atoms with van der Waals surface area (Å²) < 4.78 is 6.07. The molecule has 0 bridgehead atoms. The lowest BCUT2D eigenvalue weighted by Crippen LogP contribution is -2.49. The maximum atomic E-state index is 12.7. The highest BCUT2D eigenvalue weighted by atomic mass is 79.9. The molecule has 2 aromatic rings. The van der Waals surface area contributed by atoms with E-state index in [1.54, 1.807) is 0 Å². The Morgan fingerprint density at radius 2 is 1.88 bits per heavy atom. The van der Waals surface area contributed by atoms with Gasteiger partial charge < -0.3 is 4.74 Å². The van der Waals surface area contributed by atoms with Gasteiger partial charge in [-0.25, -0.2) is 0 Å². The number of cyclic esters (lactones) is 1. The Balaban J connectivity index is 1.89. The van der Waals surface area contributed by atoms with Crippen LogP contribution in [0.3, 0.4) is 0 Å². The topological polar surface area (TPSA) is 81.5 Å². The van der Waals surface area contributed by atoms with Crippen molar-refractivity contribution < 1.29 is 14.5 Å². The van der Waals surface area contributed by atoms with Gasteiger partial charge in [-0.05, 0) is 23.3 Å². The molecule has 7 heteroatoms. The molecular formula is C19H17BrN2O4. The average molecular weight is 417 g/mol. The van der Waals surface area contributed by atoms with Gasteiger partial charge in [-0.3, -0.25) is 20.2 Å². The van der Waals surface area contributed by atoms with Crippen molar-refractivity contribution in [1.29, 1.82) is 0 Å². The molecule has 2 heterocycles. The molecule has 2 saturated heterocycles. The quantitative estimate of drug-likeness (QED) is 0.471. The van der Waals surface area contributed by atoms with Crippen LogP contribution in [0.5, 0.6) is 0 Å². The van der Waals surface area contributed by atoms with Crippen LogP contribution in [-0.4, -0.2) is 29.1 Å². The fourth-order valence-corrected chi connectivity index (χ4v) is 4.67. The molecule has 0 aromatic heterocycles. The Morgan fingerprint density at radius 1 is 1.15 bits per heavy atom. The minimum atomic E-state index is -1.08. The van der Waals surface area contributed by atoms with Gasteiger partial charge in [0.15, 0.2) is 0 Å². The van der Waals surface area contributed by atoms with E-state index in [0.717, 1.165) is 15.6 Å². The molecule has 1 spiro atoms. The zero-order valence-electron chi connectivity index (χ0n) is 13.8. The van der Waals surface area contributed by atoms with Gasteiger partial charge in [-0.15, -0.1) is 0 Å². The van der Waals surface area contributed by atoms with Crippen molar-refractivity contribution in [2.75, 3.05) is 6.61 Å². The summed E-state index contributed by atoms with van der Waals surface area (Å²) in [6.45, 7) is 0.266. The SMILES string of the molecule is O=C1OCC[C@]12N[C@H](c1ccccc1)[C@H]([N+](=O)[O-])[C@H]2c1cccc(Br)c1. The third kappa shape index (κ3) is 2.62. The summed E-state index contributed by atoms with van der Waals surface area (Å²) in [7, 11) is 0. The Hall–Kier alpha value is -2.25. The molecule has 2 fully saturated rings. The van der Waals surface area contributed by atoms with Crippen LogP contribution in [0.1, 0.15) is 29.5 Å². The summed E-state index contributed by atoms with van der Waals surface area (Å²) in [5, 5.41) is 15.4. The van der Waals surface area contributed by atoms with Crippen molar-refractivity contribution in [2.24, 2.45) is 0 Å². The van der Waals surface area contributed by atoms with Crippen molar-refractivity contribution >= 4 is 21.9 Å². The predicted molar refractivity (Wildman–Crippen MR) is 98.3 cm³/mol. The van der Waals surface area contributed by atoms with Crippen LogP contribution in [0.2, 0.25) is 0 Å². The van der Waals surface area contributed by atoms with Gasteiger partial charge in [-0.1, -0.05) is 58.4 Å². The normalized spacial score (nSPS) is 30.5. The standard InChI is InChI=1S/C19H17BrN2O4/c20-14-8-4-7-13(11-14)15-17(22(24)25)16(12-5-2-1-3-6-12)21-19(15)9-10-26-18(19)23/h1-8,11,15-17,21H,9-10H2/t15-,16-,17-,19-/m1/s1. The molecule has 26 heavy (non-hydrogen) atoms. The van der Waals surface area contributed by atoms with Crippen molar-refractivity contribution in [3.8, 4) is 0 Å². The average Bonchev–Trinajstić information content (AvgIpc) is 3.17. The second-order valence-corrected chi connectivity index (χ2v) is 7.61. The second-order valence-electron chi connectivity index (χ2n) is 6.70. The number of nitrogens with one attached hydrogen (secondary N) is 1. The molecule has 0 radical (unpaired) electrons. The van der Waals surface area contributed by atoms with E-state index in [1.165, 1.54) is 0 Å². The smallest absolute Gasteiger partial charge is 0.327 e. The van der Waals surface area contributed by atoms with E-state index in [1.807, 2.05) is 54.6 Å². The number of esters is 1. The van der Waals surface area contributed by atoms with Crippen molar-refractivity contribution in [3.05, 3.63) is 80.3 Å². The van der Waals surface area contributed by atoms with E-state index < -0.39 is 29.5 Å². The lowest BCUT2D eigenvalue weighted by molar-refractivity contribution is -0.527. The molecule has 2 aromatic carbocycles. The van der Waals surface area contributed by atoms with Crippen molar-refractivity contribution in [1.82, 2.24) is 5.32 Å². The Bertz CT molecular complexity index is 860. The molecule has 4 rings (SSSR count). The number of benzene rings is 2. The van der Waals surface area contributed by atoms with Gasteiger partial charge in [0.1, 0.15) is 11.6 Å². The monoisotopic (exact) mass is 416 g/mol. The van der Waals surface area contributed by atoms with Gasteiger partial charge in [-0.2, -0.15) is 0 Å². The summed E-state index contributed by atoms with van der Waals surface area (Å²) in [6.07, 6.45) is 0.413. The molecule has 0 amide bonds. The first-order valence-corrected chi connectivity index (χ1v) is 9.21. The molecule has 0 aliphatic carbocycles. The number of carbonyl (C=O) groups is 1. The summed E-state index contributed by atoms with van der Waals surface area (Å²) in [5.74, 6) is -1.03. The number of hydrogen-bond acceptors (Lipinski definition) is 5. The van der Waals surface area contributed by atoms with Gasteiger partial charge in [0, 0.05) is 15.8 Å². The maximum absolute atomic E-state index is 12.7. The van der Waals surface area contributed by atoms with Crippen LogP contribution < -0.4 is 5.32 Å². The van der Waals surface area contributed by atoms with E-state index in [9.17, 15) is 14.9 Å². The molecule has 134 valence electrons. The molecule has 1 N–H and O–H groups in total. The number of hydrogen-bond donors (Lipinski definition) is 1. The molecular weight excluding hydrogens is 400 g/mol. The van der Waals surface area contributed by atoms with E-state index in [2.05, 4.69) is 21.2 Å². The summed E-state index contributed by atoms with van der Waals surface area (Å²) in [5.41, 5.74) is 0.468. The van der Waals surface area contributed by atoms with Crippen LogP contribution in [0, 0.1) is 10.1 Å². The molecule has 6 nitrogen and oxygen atoms in total. The number of carbonyl (C=O) groups excluding carboxylic acids is 1. The zero-order chi connectivity index (χ0) is 18.3. The molecule has 0 saturated carbocycles. The van der Waals surface area contributed by atoms with Crippen molar-refractivity contribution in [3.63, 3.8) is 0 Å². The van der Waals surface area contributed by atoms with Crippen LogP contribution in [0.15, 0.2) is 59.1 Å². The first-order chi connectivity index (χ1) is 12.5. The Morgan fingerprint density at radius 3 is 2.50 bits per heavy atom. The minimum absolute atomic E-state index is 0.266. The van der Waals surface area contributed by atoms with Crippen LogP contribution in [-0.2, 0) is 9.53 Å². The molecule has 4 atom stereocenters. The lowest BCUT2D eigenvalue weighted by atomic mass is 9.76. The van der Waals surface area contributed by atoms with Gasteiger partial charge >= 0.3 is 5.97 Å². The first kappa shape index (κ1) is 17.2. The Labute approximate surface area is 158 Å². The van der Waals surface area contributed by atoms with Crippen LogP contribution >= 0.6 is 15.9 Å². The molecule has 2 aliphatic rings. The molecule has 0 unspecified atom stereocenters. The highest BCUT2D eigenvalue weighted by Gasteiger charge is 2.66. The predicted octanol–water partition coefficient (Wildman–Crippen LogP) is 3.21. The first-order valence-electron chi connectivity index (χ1n) is 8.42. The largest absolute Gasteiger partial charge is 0.464 e. The number of ether oxygens (including phenoxy) is 1. The Kier molecular flexibility index (Phi) is 4.28. The zero-order valence-corrected chi connectivity index (χ0v) is 15.4. The van der Waals surface area contributed by atoms with Gasteiger partial charge in [0.2, 0.25) is 6.04 Å². The summed E-state index contributed by atoms with van der Waals surface area (Å²) in [6, 6.07) is 15.1. The highest BCUT2D eigenvalue weighted by molar-refractivity contribution is 9.10. The maximum Gasteiger partial charge on any atom is 0.327 e. The van der Waals surface area contributed by atoms with Gasteiger partial charge in [0.25, 0.3) is 0 Å². The summed E-state index contributed by atoms with van der Waals surface area (Å²) >= 11 is 3.43. The number of rotatable bonds is 3. The fourth-order valence-electron chi connectivity index (χ4n) is 4.25. The van der Waals surface area contributed by atoms with E-state index in [-0.39, 0.29) is 11.5 Å². The van der Waals surface area contributed by atoms with Crippen LogP contribution in [0.4, 0.5) is 0 Å². The van der Waals surface area contributed by atoms with Crippen molar-refractivity contribution in [2.45, 2.75) is 30.0 Å². The molecule has 2 aliphatic heterocycles.